The van der Waals surface area contributed by atoms with Crippen LogP contribution in [0, 0.1) is 57.2 Å². The number of hydrogen-bond acceptors (Lipinski definition) is 5. The van der Waals surface area contributed by atoms with Gasteiger partial charge in [0.1, 0.15) is 0 Å². The molecule has 2 N–H and O–H groups in total. The van der Waals surface area contributed by atoms with Crippen molar-refractivity contribution in [3.63, 3.8) is 0 Å². The van der Waals surface area contributed by atoms with Gasteiger partial charge >= 0.3 is 5.97 Å². The maximum atomic E-state index is 14.5. The van der Waals surface area contributed by atoms with E-state index in [2.05, 4.69) is 78.3 Å². The topological polar surface area (TPSA) is 104 Å². The number of allylic oxidation sites excluding steroid dienone is 3. The number of amides is 1. The molecule has 0 aromatic heterocycles. The summed E-state index contributed by atoms with van der Waals surface area (Å²) in [5.41, 5.74) is 4.27. The van der Waals surface area contributed by atoms with Crippen LogP contribution < -0.4 is 5.32 Å². The van der Waals surface area contributed by atoms with E-state index in [1.807, 2.05) is 12.1 Å². The van der Waals surface area contributed by atoms with Crippen LogP contribution in [0.25, 0.3) is 5.57 Å². The molecule has 1 amide bonds. The number of fused-ring (bicyclic) bond motifs is 7. The van der Waals surface area contributed by atoms with Crippen LogP contribution in [-0.4, -0.2) is 66.5 Å². The maximum absolute atomic E-state index is 14.5. The van der Waals surface area contributed by atoms with E-state index in [1.54, 1.807) is 12.1 Å². The summed E-state index contributed by atoms with van der Waals surface area (Å²) in [7, 11) is -3.04. The van der Waals surface area contributed by atoms with Gasteiger partial charge in [0.05, 0.1) is 23.1 Å². The van der Waals surface area contributed by atoms with Gasteiger partial charge in [0.2, 0.25) is 5.91 Å². The lowest BCUT2D eigenvalue weighted by Gasteiger charge is -2.72. The first-order chi connectivity index (χ1) is 24.7. The van der Waals surface area contributed by atoms with E-state index >= 15 is 0 Å². The van der Waals surface area contributed by atoms with Crippen LogP contribution in [-0.2, 0) is 14.6 Å². The van der Waals surface area contributed by atoms with Gasteiger partial charge in [0.15, 0.2) is 9.84 Å². The number of rotatable bonds is 7. The van der Waals surface area contributed by atoms with Gasteiger partial charge in [0.25, 0.3) is 0 Å². The van der Waals surface area contributed by atoms with Crippen molar-refractivity contribution in [1.82, 2.24) is 10.2 Å². The molecule has 10 atom stereocenters. The molecule has 1 saturated heterocycles. The number of carbonyl (C=O) groups excluding carboxylic acids is 1. The second-order valence-electron chi connectivity index (χ2n) is 20.1. The fraction of sp³-hybridized carbons (Fsp3) is 0.733. The minimum absolute atomic E-state index is 0.0369. The predicted molar refractivity (Wildman–Crippen MR) is 213 cm³/mol. The Bertz CT molecular complexity index is 1780. The lowest BCUT2D eigenvalue weighted by Crippen LogP contribution is -2.69. The van der Waals surface area contributed by atoms with Crippen molar-refractivity contribution < 1.29 is 23.1 Å². The molecule has 292 valence electrons. The third-order valence-corrected chi connectivity index (χ3v) is 18.7. The third-order valence-electron chi connectivity index (χ3n) is 17.1. The molecule has 7 rings (SSSR count). The SMILES string of the molecule is C=C(C)C1CCC2(NC(=O)C(C(C)C)N3CCS(=O)(=O)CC3)CCC3(C)C(CCC4C5(C)CC=C(c6ccc(C(=O)O)cc6)C(C)(C)C5CCC43C)C12. The third kappa shape index (κ3) is 5.92. The predicted octanol–water partition coefficient (Wildman–Crippen LogP) is 8.66. The highest BCUT2D eigenvalue weighted by atomic mass is 32.2. The zero-order valence-electron chi connectivity index (χ0n) is 33.8. The maximum Gasteiger partial charge on any atom is 0.335 e. The molecule has 5 aliphatic carbocycles. The largest absolute Gasteiger partial charge is 0.478 e. The molecule has 8 heteroatoms. The number of nitrogens with zero attached hydrogens (tertiary/aromatic N) is 1. The molecule has 6 aliphatic rings. The Morgan fingerprint density at radius 1 is 0.887 bits per heavy atom. The number of aromatic carboxylic acids is 1. The van der Waals surface area contributed by atoms with Crippen molar-refractivity contribution in [3.05, 3.63) is 53.6 Å². The quantitative estimate of drug-likeness (QED) is 0.271. The number of carbonyl (C=O) groups is 2. The Morgan fingerprint density at radius 2 is 1.55 bits per heavy atom. The van der Waals surface area contributed by atoms with Gasteiger partial charge in [-0.15, -0.1) is 0 Å². The molecule has 0 spiro atoms. The highest BCUT2D eigenvalue weighted by Crippen LogP contribution is 2.76. The van der Waals surface area contributed by atoms with Crippen molar-refractivity contribution in [2.45, 2.75) is 125 Å². The van der Waals surface area contributed by atoms with Crippen LogP contribution in [0.1, 0.15) is 129 Å². The summed E-state index contributed by atoms with van der Waals surface area (Å²) in [5, 5.41) is 13.3. The van der Waals surface area contributed by atoms with Crippen LogP contribution in [0.15, 0.2) is 42.5 Å². The molecule has 10 unspecified atom stereocenters. The Morgan fingerprint density at radius 3 is 2.15 bits per heavy atom. The van der Waals surface area contributed by atoms with Crippen LogP contribution >= 0.6 is 0 Å². The number of nitrogens with one attached hydrogen (secondary N) is 1. The molecule has 1 aromatic carbocycles. The van der Waals surface area contributed by atoms with Crippen molar-refractivity contribution in [2.75, 3.05) is 24.6 Å². The van der Waals surface area contributed by atoms with Gasteiger partial charge in [0, 0.05) is 18.6 Å². The summed E-state index contributed by atoms with van der Waals surface area (Å²) in [5.74, 6) is 1.90. The molecule has 53 heavy (non-hydrogen) atoms. The summed E-state index contributed by atoms with van der Waals surface area (Å²) < 4.78 is 24.6. The Labute approximate surface area is 319 Å². The lowest BCUT2D eigenvalue weighted by atomic mass is 9.33. The summed E-state index contributed by atoms with van der Waals surface area (Å²) in [4.78, 5) is 28.3. The second-order valence-corrected chi connectivity index (χ2v) is 22.4. The van der Waals surface area contributed by atoms with Crippen LogP contribution in [0.3, 0.4) is 0 Å². The monoisotopic (exact) mass is 746 g/mol. The fourth-order valence-corrected chi connectivity index (χ4v) is 15.7. The van der Waals surface area contributed by atoms with Crippen molar-refractivity contribution >= 4 is 27.3 Å². The van der Waals surface area contributed by atoms with E-state index in [4.69, 9.17) is 0 Å². The standard InChI is InChI=1S/C45H66N2O5S/c1-28(2)32-16-21-45(46-39(48)38(29(3)4)47-24-26-53(51,52)27-25-47)23-22-43(8)34(37(32)45)14-15-36-42(7)19-17-33(30-10-12-31(13-11-30)40(49)50)41(5,6)35(42)18-20-44(36,43)9/h10-13,17,29,32,34-38H,1,14-16,18-27H2,2-9H3,(H,46,48)(H,49,50). The molecule has 1 heterocycles. The van der Waals surface area contributed by atoms with Crippen molar-refractivity contribution in [2.24, 2.45) is 57.2 Å². The second kappa shape index (κ2) is 13.1. The van der Waals surface area contributed by atoms with E-state index in [9.17, 15) is 23.1 Å². The van der Waals surface area contributed by atoms with E-state index in [1.165, 1.54) is 36.8 Å². The smallest absolute Gasteiger partial charge is 0.335 e. The summed E-state index contributed by atoms with van der Waals surface area (Å²) >= 11 is 0. The molecule has 7 nitrogen and oxygen atoms in total. The first kappa shape index (κ1) is 38.8. The van der Waals surface area contributed by atoms with E-state index in [0.717, 1.165) is 37.7 Å². The minimum atomic E-state index is -3.04. The van der Waals surface area contributed by atoms with Gasteiger partial charge in [-0.1, -0.05) is 78.8 Å². The highest BCUT2D eigenvalue weighted by molar-refractivity contribution is 7.91. The number of carboxylic acid groups (broad SMARTS) is 1. The molecule has 0 bridgehead atoms. The average Bonchev–Trinajstić information content (AvgIpc) is 3.45. The normalized spacial score (nSPS) is 40.8. The van der Waals surface area contributed by atoms with Gasteiger partial charge < -0.3 is 10.4 Å². The Hall–Kier alpha value is -2.45. The van der Waals surface area contributed by atoms with Crippen LogP contribution in [0.4, 0.5) is 0 Å². The molecule has 0 radical (unpaired) electrons. The highest BCUT2D eigenvalue weighted by Gasteiger charge is 2.70. The molecule has 1 aromatic rings. The zero-order valence-corrected chi connectivity index (χ0v) is 34.6. The molecule has 5 fully saturated rings. The Kier molecular flexibility index (Phi) is 9.57. The zero-order chi connectivity index (χ0) is 38.5. The molecular formula is C45H66N2O5S. The molecule has 4 saturated carbocycles. The first-order valence-corrected chi connectivity index (χ1v) is 22.5. The minimum Gasteiger partial charge on any atom is -0.478 e. The number of hydrogen-bond donors (Lipinski definition) is 2. The summed E-state index contributed by atoms with van der Waals surface area (Å²) in [6, 6.07) is 7.18. The number of carboxylic acids is 1. The van der Waals surface area contributed by atoms with E-state index < -0.39 is 15.8 Å². The Balaban J connectivity index is 1.19. The molecule has 1 aliphatic heterocycles. The van der Waals surface area contributed by atoms with Gasteiger partial charge in [-0.25, -0.2) is 13.2 Å². The van der Waals surface area contributed by atoms with Gasteiger partial charge in [-0.05, 0) is 145 Å². The number of sulfone groups is 1. The average molecular weight is 747 g/mol. The van der Waals surface area contributed by atoms with E-state index in [-0.39, 0.29) is 56.6 Å². The lowest BCUT2D eigenvalue weighted by molar-refractivity contribution is -0.219. The van der Waals surface area contributed by atoms with Crippen LogP contribution in [0.2, 0.25) is 0 Å². The van der Waals surface area contributed by atoms with Gasteiger partial charge in [-0.2, -0.15) is 0 Å². The van der Waals surface area contributed by atoms with Crippen molar-refractivity contribution in [1.29, 1.82) is 0 Å². The number of benzene rings is 1. The van der Waals surface area contributed by atoms with E-state index in [0.29, 0.717) is 48.2 Å². The fourth-order valence-electron chi connectivity index (χ4n) is 14.5. The molecular weight excluding hydrogens is 681 g/mol. The first-order valence-electron chi connectivity index (χ1n) is 20.7. The summed E-state index contributed by atoms with van der Waals surface area (Å²) in [6.45, 7) is 24.6. The van der Waals surface area contributed by atoms with Crippen molar-refractivity contribution in [3.8, 4) is 0 Å². The summed E-state index contributed by atoms with van der Waals surface area (Å²) in [6.07, 6.45) is 12.5. The van der Waals surface area contributed by atoms with Crippen LogP contribution in [0.5, 0.6) is 0 Å². The van der Waals surface area contributed by atoms with Gasteiger partial charge in [-0.3, -0.25) is 9.69 Å².